The van der Waals surface area contributed by atoms with E-state index in [2.05, 4.69) is 63.6 Å². The van der Waals surface area contributed by atoms with E-state index in [9.17, 15) is 4.79 Å². The standard InChI is InChI=1S/C21H25N3O/c1-23-15-18-8-3-2-7-17(18)14-20(23)21(25)22-11-13-24-12-10-16-6-4-5-9-19(16)24/h2-9,20H,10-15H2,1H3,(H,22,25)/t20-/m0/s1. The lowest BCUT2D eigenvalue weighted by Crippen LogP contribution is -2.49. The van der Waals surface area contributed by atoms with Gasteiger partial charge in [-0.3, -0.25) is 9.69 Å². The Kier molecular flexibility index (Phi) is 4.45. The first-order valence-electron chi connectivity index (χ1n) is 9.10. The van der Waals surface area contributed by atoms with E-state index in [-0.39, 0.29) is 11.9 Å². The summed E-state index contributed by atoms with van der Waals surface area (Å²) >= 11 is 0. The van der Waals surface area contributed by atoms with Crippen LogP contribution < -0.4 is 10.2 Å². The molecule has 0 bridgehead atoms. The van der Waals surface area contributed by atoms with E-state index in [1.54, 1.807) is 0 Å². The zero-order valence-corrected chi connectivity index (χ0v) is 14.7. The molecule has 2 aromatic rings. The Hall–Kier alpha value is -2.33. The highest BCUT2D eigenvalue weighted by Crippen LogP contribution is 2.26. The highest BCUT2D eigenvalue weighted by atomic mass is 16.2. The van der Waals surface area contributed by atoms with Crippen LogP contribution in [0, 0.1) is 0 Å². The number of nitrogens with one attached hydrogen (secondary N) is 1. The number of rotatable bonds is 4. The first-order chi connectivity index (χ1) is 12.2. The third-order valence-corrected chi connectivity index (χ3v) is 5.45. The van der Waals surface area contributed by atoms with Crippen molar-refractivity contribution < 1.29 is 4.79 Å². The van der Waals surface area contributed by atoms with E-state index in [1.165, 1.54) is 22.4 Å². The average molecular weight is 335 g/mol. The molecule has 0 aliphatic carbocycles. The predicted octanol–water partition coefficient (Wildman–Crippen LogP) is 2.22. The summed E-state index contributed by atoms with van der Waals surface area (Å²) in [5.74, 6) is 0.143. The van der Waals surface area contributed by atoms with Crippen molar-refractivity contribution in [2.45, 2.75) is 25.4 Å². The summed E-state index contributed by atoms with van der Waals surface area (Å²) < 4.78 is 0. The Balaban J connectivity index is 1.33. The van der Waals surface area contributed by atoms with Crippen molar-refractivity contribution >= 4 is 11.6 Å². The third kappa shape index (κ3) is 3.27. The van der Waals surface area contributed by atoms with Crippen LogP contribution in [0.2, 0.25) is 0 Å². The number of para-hydroxylation sites is 1. The molecule has 0 radical (unpaired) electrons. The van der Waals surface area contributed by atoms with Crippen molar-refractivity contribution in [1.82, 2.24) is 10.2 Å². The zero-order chi connectivity index (χ0) is 17.2. The predicted molar refractivity (Wildman–Crippen MR) is 101 cm³/mol. The van der Waals surface area contributed by atoms with Crippen molar-refractivity contribution in [2.24, 2.45) is 0 Å². The molecule has 0 unspecified atom stereocenters. The molecule has 0 aromatic heterocycles. The van der Waals surface area contributed by atoms with Crippen LogP contribution >= 0.6 is 0 Å². The minimum absolute atomic E-state index is 0.0687. The summed E-state index contributed by atoms with van der Waals surface area (Å²) in [4.78, 5) is 17.2. The van der Waals surface area contributed by atoms with E-state index in [0.717, 1.165) is 32.5 Å². The largest absolute Gasteiger partial charge is 0.369 e. The maximum absolute atomic E-state index is 12.7. The molecule has 0 spiro atoms. The van der Waals surface area contributed by atoms with Crippen LogP contribution in [0.5, 0.6) is 0 Å². The SMILES string of the molecule is CN1Cc2ccccc2C[C@H]1C(=O)NCCN1CCc2ccccc21. The zero-order valence-electron chi connectivity index (χ0n) is 14.7. The molecular weight excluding hydrogens is 310 g/mol. The lowest BCUT2D eigenvalue weighted by Gasteiger charge is -2.33. The van der Waals surface area contributed by atoms with Crippen LogP contribution in [-0.2, 0) is 24.2 Å². The van der Waals surface area contributed by atoms with Gasteiger partial charge in [0.15, 0.2) is 0 Å². The van der Waals surface area contributed by atoms with Gasteiger partial charge in [-0.1, -0.05) is 42.5 Å². The fraction of sp³-hybridized carbons (Fsp3) is 0.381. The molecule has 130 valence electrons. The number of likely N-dealkylation sites (N-methyl/N-ethyl adjacent to an activating group) is 1. The molecule has 0 fully saturated rings. The highest BCUT2D eigenvalue weighted by molar-refractivity contribution is 5.82. The fourth-order valence-corrected chi connectivity index (χ4v) is 4.02. The quantitative estimate of drug-likeness (QED) is 0.931. The lowest BCUT2D eigenvalue weighted by atomic mass is 9.94. The normalized spacial score (nSPS) is 19.4. The van der Waals surface area contributed by atoms with Gasteiger partial charge in [0.05, 0.1) is 6.04 Å². The molecule has 1 N–H and O–H groups in total. The van der Waals surface area contributed by atoms with Crippen molar-refractivity contribution in [3.05, 3.63) is 65.2 Å². The number of hydrogen-bond donors (Lipinski definition) is 1. The average Bonchev–Trinajstić information content (AvgIpc) is 3.04. The van der Waals surface area contributed by atoms with Gasteiger partial charge in [0.25, 0.3) is 0 Å². The minimum atomic E-state index is -0.0687. The number of hydrogen-bond acceptors (Lipinski definition) is 3. The Morgan fingerprint density at radius 3 is 2.64 bits per heavy atom. The number of carbonyl (C=O) groups excluding carboxylic acids is 1. The van der Waals surface area contributed by atoms with Crippen LogP contribution in [0.1, 0.15) is 16.7 Å². The molecule has 4 nitrogen and oxygen atoms in total. The van der Waals surface area contributed by atoms with E-state index in [1.807, 2.05) is 7.05 Å². The smallest absolute Gasteiger partial charge is 0.237 e. The van der Waals surface area contributed by atoms with Crippen molar-refractivity contribution in [1.29, 1.82) is 0 Å². The molecule has 0 saturated carbocycles. The second-order valence-electron chi connectivity index (χ2n) is 7.06. The van der Waals surface area contributed by atoms with Gasteiger partial charge in [-0.25, -0.2) is 0 Å². The molecule has 2 aliphatic rings. The molecule has 1 amide bonds. The molecule has 4 heteroatoms. The van der Waals surface area contributed by atoms with Crippen molar-refractivity contribution in [3.63, 3.8) is 0 Å². The maximum Gasteiger partial charge on any atom is 0.237 e. The maximum atomic E-state index is 12.7. The van der Waals surface area contributed by atoms with Crippen LogP contribution in [0.3, 0.4) is 0 Å². The molecule has 4 rings (SSSR count). The number of anilines is 1. The first kappa shape index (κ1) is 16.2. The summed E-state index contributed by atoms with van der Waals surface area (Å²) in [6.07, 6.45) is 1.90. The number of amides is 1. The molecule has 0 saturated heterocycles. The molecule has 25 heavy (non-hydrogen) atoms. The van der Waals surface area contributed by atoms with Crippen LogP contribution in [0.4, 0.5) is 5.69 Å². The van der Waals surface area contributed by atoms with E-state index in [4.69, 9.17) is 0 Å². The van der Waals surface area contributed by atoms with Gasteiger partial charge in [0, 0.05) is 31.9 Å². The monoisotopic (exact) mass is 335 g/mol. The van der Waals surface area contributed by atoms with Gasteiger partial charge in [0.1, 0.15) is 0 Å². The van der Waals surface area contributed by atoms with Gasteiger partial charge in [-0.05, 0) is 42.6 Å². The van der Waals surface area contributed by atoms with Crippen LogP contribution in [-0.4, -0.2) is 43.5 Å². The lowest BCUT2D eigenvalue weighted by molar-refractivity contribution is -0.126. The fourth-order valence-electron chi connectivity index (χ4n) is 4.02. The van der Waals surface area contributed by atoms with Gasteiger partial charge in [-0.15, -0.1) is 0 Å². The molecule has 1 atom stereocenters. The Morgan fingerprint density at radius 1 is 1.08 bits per heavy atom. The summed E-state index contributed by atoms with van der Waals surface area (Å²) in [7, 11) is 2.04. The Morgan fingerprint density at radius 2 is 1.80 bits per heavy atom. The van der Waals surface area contributed by atoms with Crippen molar-refractivity contribution in [3.8, 4) is 0 Å². The van der Waals surface area contributed by atoms with Gasteiger partial charge < -0.3 is 10.2 Å². The molecule has 2 heterocycles. The molecule has 2 aliphatic heterocycles. The van der Waals surface area contributed by atoms with Gasteiger partial charge >= 0.3 is 0 Å². The van der Waals surface area contributed by atoms with E-state index >= 15 is 0 Å². The number of nitrogens with zero attached hydrogens (tertiary/aromatic N) is 2. The topological polar surface area (TPSA) is 35.6 Å². The Bertz CT molecular complexity index is 773. The summed E-state index contributed by atoms with van der Waals surface area (Å²) in [5, 5.41) is 3.15. The summed E-state index contributed by atoms with van der Waals surface area (Å²) in [6.45, 7) is 3.45. The van der Waals surface area contributed by atoms with Gasteiger partial charge in [-0.2, -0.15) is 0 Å². The van der Waals surface area contributed by atoms with E-state index < -0.39 is 0 Å². The van der Waals surface area contributed by atoms with Gasteiger partial charge in [0.2, 0.25) is 5.91 Å². The summed E-state index contributed by atoms with van der Waals surface area (Å²) in [6, 6.07) is 16.9. The summed E-state index contributed by atoms with van der Waals surface area (Å²) in [5.41, 5.74) is 5.37. The second kappa shape index (κ2) is 6.89. The highest BCUT2D eigenvalue weighted by Gasteiger charge is 2.28. The minimum Gasteiger partial charge on any atom is -0.369 e. The third-order valence-electron chi connectivity index (χ3n) is 5.45. The van der Waals surface area contributed by atoms with E-state index in [0.29, 0.717) is 6.54 Å². The van der Waals surface area contributed by atoms with Crippen LogP contribution in [0.25, 0.3) is 0 Å². The first-order valence-corrected chi connectivity index (χ1v) is 9.10. The number of benzene rings is 2. The van der Waals surface area contributed by atoms with Crippen LogP contribution in [0.15, 0.2) is 48.5 Å². The molecular formula is C21H25N3O. The number of carbonyl (C=O) groups is 1. The Labute approximate surface area is 149 Å². The molecule has 2 aromatic carbocycles. The van der Waals surface area contributed by atoms with Crippen molar-refractivity contribution in [2.75, 3.05) is 31.6 Å². The second-order valence-corrected chi connectivity index (χ2v) is 7.06. The number of fused-ring (bicyclic) bond motifs is 2.